The number of amides is 1. The van der Waals surface area contributed by atoms with Crippen molar-refractivity contribution in [2.45, 2.75) is 36.6 Å². The van der Waals surface area contributed by atoms with Gasteiger partial charge in [0.05, 0.1) is 18.2 Å². The van der Waals surface area contributed by atoms with Crippen molar-refractivity contribution < 1.29 is 17.9 Å². The minimum Gasteiger partial charge on any atom is -0.497 e. The highest BCUT2D eigenvalue weighted by atomic mass is 35.5. The highest BCUT2D eigenvalue weighted by Gasteiger charge is 2.38. The van der Waals surface area contributed by atoms with Crippen LogP contribution in [0.2, 0.25) is 10.0 Å². The fourth-order valence-corrected chi connectivity index (χ4v) is 6.82. The largest absolute Gasteiger partial charge is 0.497 e. The summed E-state index contributed by atoms with van der Waals surface area (Å²) in [6, 6.07) is 12.3. The van der Waals surface area contributed by atoms with Crippen molar-refractivity contribution in [3.63, 3.8) is 0 Å². The number of hydrogen-bond donors (Lipinski definition) is 0. The quantitative estimate of drug-likeness (QED) is 0.597. The van der Waals surface area contributed by atoms with Gasteiger partial charge in [-0.2, -0.15) is 4.31 Å². The second kappa shape index (κ2) is 9.59. The van der Waals surface area contributed by atoms with Gasteiger partial charge in [-0.1, -0.05) is 35.3 Å². The third-order valence-corrected chi connectivity index (χ3v) is 8.94. The SMILES string of the molecule is COc1cccc(C2CCCN2C(=O)C2CCN(S(=O)(=O)c3cc(Cl)ccc3Cl)CC2)c1. The summed E-state index contributed by atoms with van der Waals surface area (Å²) in [4.78, 5) is 15.3. The smallest absolute Gasteiger partial charge is 0.244 e. The Bertz CT molecular complexity index is 1100. The molecule has 1 amide bonds. The molecule has 2 fully saturated rings. The highest BCUT2D eigenvalue weighted by molar-refractivity contribution is 7.89. The van der Waals surface area contributed by atoms with Gasteiger partial charge >= 0.3 is 0 Å². The van der Waals surface area contributed by atoms with Crippen LogP contribution in [0.25, 0.3) is 0 Å². The highest BCUT2D eigenvalue weighted by Crippen LogP contribution is 2.37. The van der Waals surface area contributed by atoms with Crippen LogP contribution in [0.1, 0.15) is 37.3 Å². The van der Waals surface area contributed by atoms with E-state index in [9.17, 15) is 13.2 Å². The van der Waals surface area contributed by atoms with E-state index in [0.29, 0.717) is 17.9 Å². The lowest BCUT2D eigenvalue weighted by Gasteiger charge is -2.34. The third-order valence-electron chi connectivity index (χ3n) is 6.33. The first-order valence-corrected chi connectivity index (χ1v) is 12.9. The minimum atomic E-state index is -3.77. The Morgan fingerprint density at radius 1 is 1.03 bits per heavy atom. The molecule has 32 heavy (non-hydrogen) atoms. The van der Waals surface area contributed by atoms with Crippen LogP contribution in [-0.2, 0) is 14.8 Å². The Balaban J connectivity index is 1.44. The maximum absolute atomic E-state index is 13.4. The number of likely N-dealkylation sites (tertiary alicyclic amines) is 1. The Labute approximate surface area is 199 Å². The molecule has 2 saturated heterocycles. The number of hydrogen-bond acceptors (Lipinski definition) is 4. The van der Waals surface area contributed by atoms with E-state index in [1.54, 1.807) is 13.2 Å². The summed E-state index contributed by atoms with van der Waals surface area (Å²) >= 11 is 12.1. The Kier molecular flexibility index (Phi) is 7.00. The molecule has 0 N–H and O–H groups in total. The molecule has 0 aliphatic carbocycles. The number of benzene rings is 2. The number of carbonyl (C=O) groups excluding carboxylic acids is 1. The van der Waals surface area contributed by atoms with E-state index in [1.165, 1.54) is 16.4 Å². The van der Waals surface area contributed by atoms with Gasteiger partial charge in [0, 0.05) is 30.6 Å². The maximum atomic E-state index is 13.4. The lowest BCUT2D eigenvalue weighted by Crippen LogP contribution is -2.44. The summed E-state index contributed by atoms with van der Waals surface area (Å²) in [7, 11) is -2.13. The fourth-order valence-electron chi connectivity index (χ4n) is 4.62. The summed E-state index contributed by atoms with van der Waals surface area (Å²) in [5, 5.41) is 0.460. The lowest BCUT2D eigenvalue weighted by molar-refractivity contribution is -0.137. The predicted molar refractivity (Wildman–Crippen MR) is 125 cm³/mol. The molecule has 1 unspecified atom stereocenters. The number of halogens is 2. The summed E-state index contributed by atoms with van der Waals surface area (Å²) < 4.78 is 32.9. The van der Waals surface area contributed by atoms with Gasteiger partial charge in [-0.25, -0.2) is 8.42 Å². The van der Waals surface area contributed by atoms with Crippen molar-refractivity contribution in [3.05, 3.63) is 58.1 Å². The van der Waals surface area contributed by atoms with Crippen molar-refractivity contribution in [1.82, 2.24) is 9.21 Å². The molecule has 6 nitrogen and oxygen atoms in total. The average Bonchev–Trinajstić information content (AvgIpc) is 3.30. The van der Waals surface area contributed by atoms with E-state index in [1.807, 2.05) is 29.2 Å². The van der Waals surface area contributed by atoms with Crippen LogP contribution in [0.3, 0.4) is 0 Å². The van der Waals surface area contributed by atoms with Gasteiger partial charge in [0.2, 0.25) is 15.9 Å². The second-order valence-electron chi connectivity index (χ2n) is 8.22. The molecule has 0 bridgehead atoms. The van der Waals surface area contributed by atoms with Crippen LogP contribution < -0.4 is 4.74 Å². The van der Waals surface area contributed by atoms with Crippen molar-refractivity contribution in [2.75, 3.05) is 26.7 Å². The van der Waals surface area contributed by atoms with Crippen molar-refractivity contribution in [1.29, 1.82) is 0 Å². The molecule has 172 valence electrons. The van der Waals surface area contributed by atoms with Gasteiger partial charge in [0.1, 0.15) is 10.6 Å². The van der Waals surface area contributed by atoms with E-state index in [4.69, 9.17) is 27.9 Å². The molecular weight excluding hydrogens is 471 g/mol. The van der Waals surface area contributed by atoms with Gasteiger partial charge in [-0.15, -0.1) is 0 Å². The molecule has 2 heterocycles. The molecule has 2 aromatic carbocycles. The zero-order chi connectivity index (χ0) is 22.9. The topological polar surface area (TPSA) is 66.9 Å². The van der Waals surface area contributed by atoms with Crippen LogP contribution in [0.15, 0.2) is 47.4 Å². The number of methoxy groups -OCH3 is 1. The maximum Gasteiger partial charge on any atom is 0.244 e. The molecule has 0 saturated carbocycles. The number of carbonyl (C=O) groups is 1. The van der Waals surface area contributed by atoms with Gasteiger partial charge in [-0.3, -0.25) is 4.79 Å². The molecule has 4 rings (SSSR count). The number of piperidine rings is 1. The molecule has 0 spiro atoms. The summed E-state index contributed by atoms with van der Waals surface area (Å²) in [5.41, 5.74) is 1.07. The van der Waals surface area contributed by atoms with E-state index in [-0.39, 0.29) is 40.9 Å². The van der Waals surface area contributed by atoms with Crippen LogP contribution in [0, 0.1) is 5.92 Å². The van der Waals surface area contributed by atoms with E-state index < -0.39 is 10.0 Å². The average molecular weight is 497 g/mol. The van der Waals surface area contributed by atoms with Crippen LogP contribution >= 0.6 is 23.2 Å². The molecule has 2 aliphatic rings. The zero-order valence-electron chi connectivity index (χ0n) is 17.8. The van der Waals surface area contributed by atoms with Crippen LogP contribution in [0.5, 0.6) is 5.75 Å². The van der Waals surface area contributed by atoms with E-state index in [2.05, 4.69) is 0 Å². The molecule has 2 aliphatic heterocycles. The molecule has 9 heteroatoms. The second-order valence-corrected chi connectivity index (χ2v) is 11.0. The number of ether oxygens (including phenoxy) is 1. The van der Waals surface area contributed by atoms with Gasteiger partial charge < -0.3 is 9.64 Å². The molecule has 2 aromatic rings. The van der Waals surface area contributed by atoms with Crippen LogP contribution in [0.4, 0.5) is 0 Å². The zero-order valence-corrected chi connectivity index (χ0v) is 20.2. The first-order chi connectivity index (χ1) is 15.3. The Hall–Kier alpha value is -1.80. The fraction of sp³-hybridized carbons (Fsp3) is 0.435. The monoisotopic (exact) mass is 496 g/mol. The molecule has 1 atom stereocenters. The molecule has 0 radical (unpaired) electrons. The summed E-state index contributed by atoms with van der Waals surface area (Å²) in [5.74, 6) is 0.690. The van der Waals surface area contributed by atoms with Gasteiger partial charge in [0.25, 0.3) is 0 Å². The van der Waals surface area contributed by atoms with Crippen molar-refractivity contribution in [3.8, 4) is 5.75 Å². The standard InChI is InChI=1S/C23H26Cl2N2O4S/c1-31-19-5-2-4-17(14-19)21-6-3-11-27(21)23(28)16-9-12-26(13-10-16)32(29,30)22-15-18(24)7-8-20(22)25/h2,4-5,7-8,14-16,21H,3,6,9-13H2,1H3. The van der Waals surface area contributed by atoms with E-state index >= 15 is 0 Å². The Morgan fingerprint density at radius 3 is 2.50 bits per heavy atom. The first-order valence-electron chi connectivity index (χ1n) is 10.7. The first kappa shape index (κ1) is 23.4. The van der Waals surface area contributed by atoms with Gasteiger partial charge in [-0.05, 0) is 61.6 Å². The number of nitrogens with zero attached hydrogens (tertiary/aromatic N) is 2. The number of rotatable bonds is 5. The predicted octanol–water partition coefficient (Wildman–Crippen LogP) is 4.77. The lowest BCUT2D eigenvalue weighted by atomic mass is 9.95. The molecular formula is C23H26Cl2N2O4S. The summed E-state index contributed by atoms with van der Waals surface area (Å²) in [6.07, 6.45) is 2.84. The third kappa shape index (κ3) is 4.62. The summed E-state index contributed by atoms with van der Waals surface area (Å²) in [6.45, 7) is 1.27. The molecule has 0 aromatic heterocycles. The normalized spacial score (nSPS) is 20.5. The Morgan fingerprint density at radius 2 is 1.78 bits per heavy atom. The van der Waals surface area contributed by atoms with Crippen molar-refractivity contribution in [2.24, 2.45) is 5.92 Å². The van der Waals surface area contributed by atoms with Crippen molar-refractivity contribution >= 4 is 39.1 Å². The number of sulfonamides is 1. The van der Waals surface area contributed by atoms with Crippen LogP contribution in [-0.4, -0.2) is 50.3 Å². The van der Waals surface area contributed by atoms with Gasteiger partial charge in [0.15, 0.2) is 0 Å². The van der Waals surface area contributed by atoms with E-state index in [0.717, 1.165) is 30.7 Å². The minimum absolute atomic E-state index is 0.00840.